The Hall–Kier alpha value is -1.73. The molecule has 0 heterocycles. The second-order valence-electron chi connectivity index (χ2n) is 21.3. The predicted molar refractivity (Wildman–Crippen MR) is 319 cm³/mol. The average Bonchev–Trinajstić information content (AvgIpc) is 3.04. The number of nitrogens with two attached hydrogens (primary N) is 1. The van der Waals surface area contributed by atoms with Crippen molar-refractivity contribution in [2.75, 3.05) is 231 Å². The van der Waals surface area contributed by atoms with Crippen molar-refractivity contribution in [3.8, 4) is 0 Å². The molecule has 0 aliphatic rings. The van der Waals surface area contributed by atoms with Crippen molar-refractivity contribution in [1.29, 1.82) is 0 Å². The minimum Gasteiger partial charge on any atom is -0.394 e. The first kappa shape index (κ1) is 90.3. The van der Waals surface area contributed by atoms with E-state index in [0.29, 0.717) is 125 Å². The summed E-state index contributed by atoms with van der Waals surface area (Å²) in [6, 6.07) is 0. The highest BCUT2D eigenvalue weighted by Crippen LogP contribution is 2.20. The zero-order chi connectivity index (χ0) is 68.9. The minimum absolute atomic E-state index is 0.0285. The van der Waals surface area contributed by atoms with Crippen LogP contribution in [-0.4, -0.2) is 446 Å². The van der Waals surface area contributed by atoms with Crippen LogP contribution >= 0.6 is 0 Å². The molecule has 0 spiro atoms. The lowest BCUT2D eigenvalue weighted by Crippen LogP contribution is -2.53. The monoisotopic (exact) mass is 1360 g/mol. The van der Waals surface area contributed by atoms with Gasteiger partial charge in [0, 0.05) is 45.1 Å². The van der Waals surface area contributed by atoms with Crippen LogP contribution in [0.3, 0.4) is 0 Å². The van der Waals surface area contributed by atoms with Gasteiger partial charge >= 0.3 is 0 Å². The molecule has 0 aliphatic heterocycles. The molecule has 0 saturated heterocycles. The maximum atomic E-state index is 14.1. The first-order valence-electron chi connectivity index (χ1n) is 31.1. The van der Waals surface area contributed by atoms with Crippen molar-refractivity contribution in [1.82, 2.24) is 9.80 Å². The van der Waals surface area contributed by atoms with E-state index < -0.39 is 162 Å². The van der Waals surface area contributed by atoms with Gasteiger partial charge in [0.2, 0.25) is 0 Å². The number of aliphatic hydroxyl groups is 20. The zero-order valence-corrected chi connectivity index (χ0v) is 52.9. The van der Waals surface area contributed by atoms with Gasteiger partial charge in [-0.25, -0.2) is 0 Å². The second kappa shape index (κ2) is 59.3. The van der Waals surface area contributed by atoms with Gasteiger partial charge in [-0.1, -0.05) is 0 Å². The predicted octanol–water partition coefficient (Wildman–Crippen LogP) is -12.2. The fourth-order valence-electron chi connectivity index (χ4n) is 8.38. The van der Waals surface area contributed by atoms with Crippen LogP contribution in [0.5, 0.6) is 0 Å². The van der Waals surface area contributed by atoms with Crippen LogP contribution < -0.4 is 5.73 Å². The molecule has 36 nitrogen and oxygen atoms in total. The first-order valence-corrected chi connectivity index (χ1v) is 31.1. The van der Waals surface area contributed by atoms with Crippen LogP contribution in [0, 0.1) is 5.92 Å². The quantitative estimate of drug-likeness (QED) is 0.0251. The molecule has 0 aliphatic carbocycles. The molecule has 0 amide bonds. The summed E-state index contributed by atoms with van der Waals surface area (Å²) in [5, 5.41) is 204. The van der Waals surface area contributed by atoms with Crippen LogP contribution in [0.1, 0.15) is 19.3 Å². The number of rotatable bonds is 69. The van der Waals surface area contributed by atoms with E-state index in [1.54, 1.807) is 0 Å². The molecule has 0 radical (unpaired) electrons. The third-order valence-corrected chi connectivity index (χ3v) is 14.0. The Morgan fingerprint density at radius 3 is 0.630 bits per heavy atom. The Morgan fingerprint density at radius 1 is 0.272 bits per heavy atom. The van der Waals surface area contributed by atoms with Crippen molar-refractivity contribution in [2.45, 2.75) is 117 Å². The molecule has 0 bridgehead atoms. The molecular formula is C56H115N3O33. The number of carbonyl (C=O) groups excluding carboxylic acids is 1. The van der Waals surface area contributed by atoms with Crippen LogP contribution in [-0.2, 0) is 61.6 Å². The Bertz CT molecular complexity index is 1510. The number of ketones is 1. The van der Waals surface area contributed by atoms with Crippen LogP contribution in [0.15, 0.2) is 0 Å². The normalized spacial score (nSPS) is 17.7. The lowest BCUT2D eigenvalue weighted by Gasteiger charge is -2.35. The Kier molecular flexibility index (Phi) is 58.2. The molecule has 0 aromatic carbocycles. The number of nitrogens with zero attached hydrogens (tertiary/aromatic N) is 2. The van der Waals surface area contributed by atoms with Crippen molar-refractivity contribution in [3.05, 3.63) is 0 Å². The van der Waals surface area contributed by atoms with Gasteiger partial charge in [-0.3, -0.25) is 14.6 Å². The van der Waals surface area contributed by atoms with E-state index in [2.05, 4.69) is 0 Å². The van der Waals surface area contributed by atoms with Crippen molar-refractivity contribution >= 4 is 5.78 Å². The Morgan fingerprint density at radius 2 is 0.446 bits per heavy atom. The minimum atomic E-state index is -2.13. The average molecular weight is 1360 g/mol. The van der Waals surface area contributed by atoms with Gasteiger partial charge < -0.3 is 165 Å². The van der Waals surface area contributed by atoms with Crippen molar-refractivity contribution < 1.29 is 164 Å². The van der Waals surface area contributed by atoms with Gasteiger partial charge in [0.1, 0.15) is 79.0 Å². The number of hydrogen-bond donors (Lipinski definition) is 21. The van der Waals surface area contributed by atoms with Gasteiger partial charge in [0.15, 0.2) is 0 Å². The number of Topliss-reactive ketones (excluding diaryl/α,β-unsaturated/α-hetero) is 1. The second-order valence-corrected chi connectivity index (χ2v) is 21.3. The van der Waals surface area contributed by atoms with Gasteiger partial charge in [0.05, 0.1) is 209 Å². The number of hydrogen-bond acceptors (Lipinski definition) is 36. The summed E-state index contributed by atoms with van der Waals surface area (Å²) in [7, 11) is 0. The molecule has 0 unspecified atom stereocenters. The molecule has 552 valence electrons. The van der Waals surface area contributed by atoms with E-state index in [1.807, 2.05) is 0 Å². The number of aliphatic hydroxyl groups excluding tert-OH is 20. The topological polar surface area (TPSA) is 565 Å². The molecule has 22 N–H and O–H groups in total. The highest BCUT2D eigenvalue weighted by molar-refractivity contribution is 5.81. The number of ether oxygens (including phenoxy) is 12. The summed E-state index contributed by atoms with van der Waals surface area (Å²) in [6.45, 7) is 1.37. The largest absolute Gasteiger partial charge is 0.394 e. The lowest BCUT2D eigenvalue weighted by atomic mass is 9.93. The van der Waals surface area contributed by atoms with E-state index in [-0.39, 0.29) is 72.0 Å². The van der Waals surface area contributed by atoms with Crippen molar-refractivity contribution in [3.63, 3.8) is 0 Å². The fraction of sp³-hybridized carbons (Fsp3) is 0.982. The molecular weight excluding hydrogens is 1240 g/mol. The zero-order valence-electron chi connectivity index (χ0n) is 52.9. The summed E-state index contributed by atoms with van der Waals surface area (Å²) in [5.74, 6) is -1.58. The number of carbonyl (C=O) groups is 1. The van der Waals surface area contributed by atoms with E-state index in [0.717, 1.165) is 0 Å². The van der Waals surface area contributed by atoms with E-state index in [9.17, 15) is 107 Å². The van der Waals surface area contributed by atoms with E-state index in [1.165, 1.54) is 9.80 Å². The highest BCUT2D eigenvalue weighted by Gasteiger charge is 2.37. The molecule has 0 rings (SSSR count). The molecule has 36 heteroatoms. The van der Waals surface area contributed by atoms with Crippen LogP contribution in [0.4, 0.5) is 0 Å². The Balaban J connectivity index is 5.22. The summed E-state index contributed by atoms with van der Waals surface area (Å²) < 4.78 is 65.6. The SMILES string of the molecule is NCCOCCOCCOCCOCCOCCOCCOCCOCCOCCOCCOCCOCCC(=O)C(CCN(C[C@H](O)[C@@H](O)[C@H](O)[C@H](O)CO)C[C@H](O)[C@@H](O)[C@H](O)[C@H](O)CO)CCN(C[C@H](O)[C@@H](O)[C@H](O)[C@H](O)CO)C[C@H](O)[C@@H](O)[C@H](O)[C@H](O)CO. The van der Waals surface area contributed by atoms with Gasteiger partial charge in [0.25, 0.3) is 0 Å². The Labute approximate surface area is 537 Å². The fourth-order valence-corrected chi connectivity index (χ4v) is 8.38. The highest BCUT2D eigenvalue weighted by atomic mass is 16.6. The van der Waals surface area contributed by atoms with Crippen LogP contribution in [0.25, 0.3) is 0 Å². The van der Waals surface area contributed by atoms with Crippen LogP contribution in [0.2, 0.25) is 0 Å². The maximum absolute atomic E-state index is 14.1. The molecule has 16 atom stereocenters. The van der Waals surface area contributed by atoms with E-state index >= 15 is 0 Å². The summed E-state index contributed by atoms with van der Waals surface area (Å²) in [5.41, 5.74) is 5.34. The standard InChI is InChI=1S/C56H115N3O33/c57-4-8-82-10-12-84-14-16-86-18-20-88-22-24-90-26-28-92-30-29-91-27-25-89-23-21-87-19-17-85-15-13-83-11-9-81-7-3-40(64)39(1-5-58(31-41(65)49(73)53(77)45(69)35-60)32-42(66)50(74)54(78)46(70)36-61)2-6-59(33-43(67)51(75)55(79)47(71)37-62)34-44(68)52(76)56(80)48(72)38-63/h39,41-56,60-63,65-80H,1-38,57H2/t41-,42-,43-,44-,45+,46+,47+,48+,49+,50+,51+,52+,53+,54+,55+,56+/m0/s1. The third-order valence-electron chi connectivity index (χ3n) is 14.0. The van der Waals surface area contributed by atoms with E-state index in [4.69, 9.17) is 62.6 Å². The third kappa shape index (κ3) is 44.2. The van der Waals surface area contributed by atoms with Crippen molar-refractivity contribution in [2.24, 2.45) is 11.7 Å². The maximum Gasteiger partial charge on any atom is 0.138 e. The first-order chi connectivity index (χ1) is 44.1. The summed E-state index contributed by atoms with van der Waals surface area (Å²) in [6.07, 6.45) is -33.1. The van der Waals surface area contributed by atoms with Gasteiger partial charge in [-0.15, -0.1) is 0 Å². The molecule has 0 aromatic rings. The molecule has 0 aromatic heterocycles. The van der Waals surface area contributed by atoms with Gasteiger partial charge in [-0.2, -0.15) is 0 Å². The molecule has 0 fully saturated rings. The smallest absolute Gasteiger partial charge is 0.138 e. The molecule has 0 saturated carbocycles. The lowest BCUT2D eigenvalue weighted by molar-refractivity contribution is -0.132. The summed E-state index contributed by atoms with van der Waals surface area (Å²) >= 11 is 0. The molecule has 92 heavy (non-hydrogen) atoms. The van der Waals surface area contributed by atoms with Gasteiger partial charge in [-0.05, 0) is 25.9 Å². The summed E-state index contributed by atoms with van der Waals surface area (Å²) in [4.78, 5) is 16.4.